The topological polar surface area (TPSA) is 46.1 Å². The molecule has 0 spiro atoms. The molecule has 4 fully saturated rings. The average Bonchev–Trinajstić information content (AvgIpc) is 3.26. The molecule has 136 valence electrons. The zero-order valence-electron chi connectivity index (χ0n) is 15.1. The van der Waals surface area contributed by atoms with Crippen molar-refractivity contribution < 1.29 is 9.47 Å². The molecule has 4 rings (SSSR count). The van der Waals surface area contributed by atoms with Gasteiger partial charge in [0.25, 0.3) is 0 Å². The van der Waals surface area contributed by atoms with Gasteiger partial charge in [-0.15, -0.1) is 0 Å². The maximum atomic E-state index is 6.00. The van der Waals surface area contributed by atoms with Crippen LogP contribution in [0.1, 0.15) is 51.9 Å². The molecule has 24 heavy (non-hydrogen) atoms. The van der Waals surface area contributed by atoms with Crippen molar-refractivity contribution in [1.82, 2.24) is 10.2 Å². The minimum atomic E-state index is 0.200. The van der Waals surface area contributed by atoms with E-state index in [0.717, 1.165) is 57.7 Å². The van der Waals surface area contributed by atoms with Crippen molar-refractivity contribution in [1.29, 1.82) is 0 Å². The molecule has 0 amide bonds. The Balaban J connectivity index is 1.40. The van der Waals surface area contributed by atoms with Crippen molar-refractivity contribution in [3.05, 3.63) is 0 Å². The Bertz CT molecular complexity index is 454. The molecule has 0 radical (unpaired) electrons. The SMILES string of the molecule is CCNC(=NCC1(C2CC2)CCC1)N1CCOC(C2CCCO2)C1. The van der Waals surface area contributed by atoms with Gasteiger partial charge in [-0.1, -0.05) is 6.42 Å². The van der Waals surface area contributed by atoms with Crippen LogP contribution in [0.2, 0.25) is 0 Å². The van der Waals surface area contributed by atoms with E-state index in [1.165, 1.54) is 38.5 Å². The lowest BCUT2D eigenvalue weighted by atomic mass is 9.65. The predicted molar refractivity (Wildman–Crippen MR) is 95.3 cm³/mol. The highest BCUT2D eigenvalue weighted by Gasteiger charge is 2.49. The molecular formula is C19H33N3O2. The van der Waals surface area contributed by atoms with Gasteiger partial charge in [0.05, 0.1) is 12.7 Å². The number of guanidine groups is 1. The number of rotatable bonds is 5. The second-order valence-electron chi connectivity index (χ2n) is 8.07. The fourth-order valence-electron chi connectivity index (χ4n) is 4.67. The number of aliphatic imine (C=N–C) groups is 1. The Morgan fingerprint density at radius 2 is 1.96 bits per heavy atom. The molecule has 4 aliphatic rings. The smallest absolute Gasteiger partial charge is 0.194 e. The molecule has 2 saturated heterocycles. The van der Waals surface area contributed by atoms with Gasteiger partial charge in [-0.2, -0.15) is 0 Å². The zero-order chi connectivity index (χ0) is 16.4. The van der Waals surface area contributed by atoms with E-state index in [1.54, 1.807) is 0 Å². The minimum absolute atomic E-state index is 0.200. The van der Waals surface area contributed by atoms with Crippen molar-refractivity contribution in [2.24, 2.45) is 16.3 Å². The normalized spacial score (nSPS) is 33.4. The lowest BCUT2D eigenvalue weighted by molar-refractivity contribution is -0.0817. The third kappa shape index (κ3) is 3.43. The number of ether oxygens (including phenoxy) is 2. The molecule has 2 aliphatic carbocycles. The summed E-state index contributed by atoms with van der Waals surface area (Å²) in [5, 5.41) is 3.52. The molecule has 0 bridgehead atoms. The summed E-state index contributed by atoms with van der Waals surface area (Å²) in [6.45, 7) is 7.62. The van der Waals surface area contributed by atoms with Gasteiger partial charge in [0.1, 0.15) is 6.10 Å². The standard InChI is InChI=1S/C19H33N3O2/c1-2-20-18(21-14-19(8-4-9-19)15-6-7-15)22-10-12-24-17(13-22)16-5-3-11-23-16/h15-17H,2-14H2,1H3,(H,20,21). The first-order valence-corrected chi connectivity index (χ1v) is 10.1. The summed E-state index contributed by atoms with van der Waals surface area (Å²) >= 11 is 0. The lowest BCUT2D eigenvalue weighted by Gasteiger charge is -2.42. The fraction of sp³-hybridized carbons (Fsp3) is 0.947. The molecule has 1 N–H and O–H groups in total. The van der Waals surface area contributed by atoms with Crippen LogP contribution in [-0.4, -0.2) is 62.5 Å². The first kappa shape index (κ1) is 16.6. The van der Waals surface area contributed by atoms with E-state index in [9.17, 15) is 0 Å². The van der Waals surface area contributed by atoms with Crippen molar-refractivity contribution in [2.45, 2.75) is 64.1 Å². The van der Waals surface area contributed by atoms with Crippen LogP contribution < -0.4 is 5.32 Å². The van der Waals surface area contributed by atoms with Crippen LogP contribution in [0.15, 0.2) is 4.99 Å². The lowest BCUT2D eigenvalue weighted by Crippen LogP contribution is -2.53. The van der Waals surface area contributed by atoms with Crippen LogP contribution >= 0.6 is 0 Å². The molecule has 0 aromatic carbocycles. The Kier molecular flexibility index (Phi) is 5.00. The average molecular weight is 335 g/mol. The molecule has 5 heteroatoms. The van der Waals surface area contributed by atoms with Crippen LogP contribution in [0, 0.1) is 11.3 Å². The van der Waals surface area contributed by atoms with Crippen LogP contribution in [0.3, 0.4) is 0 Å². The van der Waals surface area contributed by atoms with E-state index < -0.39 is 0 Å². The van der Waals surface area contributed by atoms with E-state index in [-0.39, 0.29) is 12.2 Å². The van der Waals surface area contributed by atoms with E-state index in [4.69, 9.17) is 14.5 Å². The van der Waals surface area contributed by atoms with Crippen molar-refractivity contribution in [3.63, 3.8) is 0 Å². The number of hydrogen-bond donors (Lipinski definition) is 1. The molecule has 2 saturated carbocycles. The summed E-state index contributed by atoms with van der Waals surface area (Å²) in [5.41, 5.74) is 0.543. The number of nitrogens with zero attached hydrogens (tertiary/aromatic N) is 2. The second kappa shape index (κ2) is 7.20. The molecular weight excluding hydrogens is 302 g/mol. The molecule has 2 unspecified atom stereocenters. The summed E-state index contributed by atoms with van der Waals surface area (Å²) in [6, 6.07) is 0. The third-order valence-electron chi connectivity index (χ3n) is 6.44. The van der Waals surface area contributed by atoms with Gasteiger partial charge in [0.15, 0.2) is 5.96 Å². The number of morpholine rings is 1. The zero-order valence-corrected chi connectivity index (χ0v) is 15.1. The molecule has 5 nitrogen and oxygen atoms in total. The summed E-state index contributed by atoms with van der Waals surface area (Å²) < 4.78 is 11.8. The summed E-state index contributed by atoms with van der Waals surface area (Å²) in [4.78, 5) is 7.49. The molecule has 2 atom stereocenters. The van der Waals surface area contributed by atoms with Gasteiger partial charge in [0, 0.05) is 32.8 Å². The Hall–Kier alpha value is -0.810. The van der Waals surface area contributed by atoms with E-state index in [1.807, 2.05) is 0 Å². The molecule has 0 aromatic rings. The summed E-state index contributed by atoms with van der Waals surface area (Å²) in [7, 11) is 0. The minimum Gasteiger partial charge on any atom is -0.375 e. The van der Waals surface area contributed by atoms with Crippen LogP contribution in [0.25, 0.3) is 0 Å². The highest BCUT2D eigenvalue weighted by molar-refractivity contribution is 5.80. The highest BCUT2D eigenvalue weighted by atomic mass is 16.5. The van der Waals surface area contributed by atoms with Crippen LogP contribution in [0.5, 0.6) is 0 Å². The number of hydrogen-bond acceptors (Lipinski definition) is 3. The van der Waals surface area contributed by atoms with Gasteiger partial charge < -0.3 is 19.7 Å². The van der Waals surface area contributed by atoms with E-state index in [0.29, 0.717) is 5.41 Å². The van der Waals surface area contributed by atoms with Gasteiger partial charge in [-0.05, 0) is 56.8 Å². The molecule has 2 heterocycles. The Morgan fingerprint density at radius 3 is 2.58 bits per heavy atom. The van der Waals surface area contributed by atoms with Crippen molar-refractivity contribution >= 4 is 5.96 Å². The largest absolute Gasteiger partial charge is 0.375 e. The van der Waals surface area contributed by atoms with Crippen molar-refractivity contribution in [2.75, 3.05) is 39.4 Å². The second-order valence-corrected chi connectivity index (χ2v) is 8.07. The van der Waals surface area contributed by atoms with Crippen molar-refractivity contribution in [3.8, 4) is 0 Å². The van der Waals surface area contributed by atoms with Gasteiger partial charge in [0.2, 0.25) is 0 Å². The first-order valence-electron chi connectivity index (χ1n) is 10.1. The predicted octanol–water partition coefficient (Wildman–Crippen LogP) is 2.41. The Morgan fingerprint density at radius 1 is 1.12 bits per heavy atom. The first-order chi connectivity index (χ1) is 11.8. The molecule has 0 aromatic heterocycles. The fourth-order valence-corrected chi connectivity index (χ4v) is 4.67. The van der Waals surface area contributed by atoms with E-state index >= 15 is 0 Å². The third-order valence-corrected chi connectivity index (χ3v) is 6.44. The van der Waals surface area contributed by atoms with Gasteiger partial charge >= 0.3 is 0 Å². The monoisotopic (exact) mass is 335 g/mol. The highest BCUT2D eigenvalue weighted by Crippen LogP contribution is 2.57. The maximum Gasteiger partial charge on any atom is 0.194 e. The summed E-state index contributed by atoms with van der Waals surface area (Å²) in [6.07, 6.45) is 9.84. The maximum absolute atomic E-state index is 6.00. The number of nitrogens with one attached hydrogen (secondary N) is 1. The summed E-state index contributed by atoms with van der Waals surface area (Å²) in [5.74, 6) is 2.05. The van der Waals surface area contributed by atoms with Crippen LogP contribution in [-0.2, 0) is 9.47 Å². The van der Waals surface area contributed by atoms with Gasteiger partial charge in [-0.3, -0.25) is 4.99 Å². The van der Waals surface area contributed by atoms with E-state index in [2.05, 4.69) is 17.1 Å². The molecule has 2 aliphatic heterocycles. The van der Waals surface area contributed by atoms with Gasteiger partial charge in [-0.25, -0.2) is 0 Å². The quantitative estimate of drug-likeness (QED) is 0.619. The Labute approximate surface area is 146 Å². The van der Waals surface area contributed by atoms with Crippen LogP contribution in [0.4, 0.5) is 0 Å².